The van der Waals surface area contributed by atoms with E-state index < -0.39 is 10.0 Å². The first-order valence-corrected chi connectivity index (χ1v) is 12.0. The van der Waals surface area contributed by atoms with Gasteiger partial charge < -0.3 is 0 Å². The molecule has 0 bridgehead atoms. The smallest absolute Gasteiger partial charge is 0.207 e. The van der Waals surface area contributed by atoms with Crippen molar-refractivity contribution in [3.8, 4) is 0 Å². The molecule has 0 spiro atoms. The SMILES string of the molecule is Cc1ccc([C@H]2c3ccsc3CCN2S(=O)(=O)c2cccc3ccccc23)cc1. The van der Waals surface area contributed by atoms with Gasteiger partial charge in [0.05, 0.1) is 10.9 Å². The third-order valence-electron chi connectivity index (χ3n) is 5.65. The minimum atomic E-state index is -3.68. The van der Waals surface area contributed by atoms with Gasteiger partial charge in [0.25, 0.3) is 0 Å². The quantitative estimate of drug-likeness (QED) is 0.437. The van der Waals surface area contributed by atoms with Crippen LogP contribution in [-0.4, -0.2) is 19.3 Å². The van der Waals surface area contributed by atoms with Crippen molar-refractivity contribution in [1.82, 2.24) is 4.31 Å². The van der Waals surface area contributed by atoms with E-state index in [1.165, 1.54) is 10.4 Å². The Kier molecular flexibility index (Phi) is 4.54. The van der Waals surface area contributed by atoms with Crippen molar-refractivity contribution < 1.29 is 8.42 Å². The van der Waals surface area contributed by atoms with Crippen molar-refractivity contribution in [2.24, 2.45) is 0 Å². The molecule has 2 heterocycles. The first-order chi connectivity index (χ1) is 14.1. The average Bonchev–Trinajstić information content (AvgIpc) is 3.22. The highest BCUT2D eigenvalue weighted by Crippen LogP contribution is 2.41. The van der Waals surface area contributed by atoms with E-state index in [-0.39, 0.29) is 6.04 Å². The summed E-state index contributed by atoms with van der Waals surface area (Å²) < 4.78 is 29.5. The highest BCUT2D eigenvalue weighted by Gasteiger charge is 2.38. The van der Waals surface area contributed by atoms with Gasteiger partial charge in [0.1, 0.15) is 0 Å². The molecule has 5 heteroatoms. The maximum Gasteiger partial charge on any atom is 0.244 e. The van der Waals surface area contributed by atoms with Crippen LogP contribution in [0.1, 0.15) is 27.6 Å². The summed E-state index contributed by atoms with van der Waals surface area (Å²) >= 11 is 1.72. The van der Waals surface area contributed by atoms with Crippen LogP contribution >= 0.6 is 11.3 Å². The second kappa shape index (κ2) is 7.10. The Labute approximate surface area is 175 Å². The van der Waals surface area contributed by atoms with Crippen LogP contribution in [0.25, 0.3) is 10.8 Å². The lowest BCUT2D eigenvalue weighted by atomic mass is 9.95. The molecular formula is C24H21NO2S2. The van der Waals surface area contributed by atoms with Crippen LogP contribution in [0.5, 0.6) is 0 Å². The van der Waals surface area contributed by atoms with Gasteiger partial charge in [-0.3, -0.25) is 0 Å². The summed E-state index contributed by atoms with van der Waals surface area (Å²) in [6.07, 6.45) is 0.749. The molecule has 0 aliphatic carbocycles. The second-order valence-electron chi connectivity index (χ2n) is 7.46. The second-order valence-corrected chi connectivity index (χ2v) is 10.3. The van der Waals surface area contributed by atoms with Crippen molar-refractivity contribution in [3.63, 3.8) is 0 Å². The number of sulfonamides is 1. The van der Waals surface area contributed by atoms with E-state index in [9.17, 15) is 8.42 Å². The molecule has 0 amide bonds. The largest absolute Gasteiger partial charge is 0.244 e. The zero-order chi connectivity index (χ0) is 20.0. The number of rotatable bonds is 3. The lowest BCUT2D eigenvalue weighted by Gasteiger charge is -2.35. The van der Waals surface area contributed by atoms with Gasteiger partial charge in [-0.2, -0.15) is 4.31 Å². The van der Waals surface area contributed by atoms with Gasteiger partial charge in [0, 0.05) is 16.8 Å². The molecule has 0 saturated heterocycles. The summed E-state index contributed by atoms with van der Waals surface area (Å²) in [5.41, 5.74) is 3.28. The minimum absolute atomic E-state index is 0.297. The Morgan fingerprint density at radius 2 is 1.69 bits per heavy atom. The fraction of sp³-hybridized carbons (Fsp3) is 0.167. The fourth-order valence-electron chi connectivity index (χ4n) is 4.19. The van der Waals surface area contributed by atoms with Gasteiger partial charge in [0.15, 0.2) is 0 Å². The molecular weight excluding hydrogens is 398 g/mol. The van der Waals surface area contributed by atoms with Crippen LogP contribution in [0.3, 0.4) is 0 Å². The molecule has 0 saturated carbocycles. The summed E-state index contributed by atoms with van der Waals surface area (Å²) in [4.78, 5) is 1.66. The molecule has 146 valence electrons. The molecule has 5 rings (SSSR count). The Hall–Kier alpha value is -2.47. The Balaban J connectivity index is 1.69. The van der Waals surface area contributed by atoms with Gasteiger partial charge in [-0.15, -0.1) is 11.3 Å². The molecule has 4 aromatic rings. The zero-order valence-corrected chi connectivity index (χ0v) is 17.7. The summed E-state index contributed by atoms with van der Waals surface area (Å²) in [5, 5.41) is 3.78. The minimum Gasteiger partial charge on any atom is -0.207 e. The monoisotopic (exact) mass is 419 g/mol. The average molecular weight is 420 g/mol. The summed E-state index contributed by atoms with van der Waals surface area (Å²) in [6, 6.07) is 23.2. The molecule has 3 aromatic carbocycles. The number of thiophene rings is 1. The van der Waals surface area contributed by atoms with E-state index in [0.29, 0.717) is 11.4 Å². The summed E-state index contributed by atoms with van der Waals surface area (Å²) in [5.74, 6) is 0. The molecule has 0 N–H and O–H groups in total. The molecule has 0 fully saturated rings. The van der Waals surface area contributed by atoms with E-state index in [4.69, 9.17) is 0 Å². The molecule has 0 radical (unpaired) electrons. The van der Waals surface area contributed by atoms with Gasteiger partial charge in [0.2, 0.25) is 10.0 Å². The topological polar surface area (TPSA) is 37.4 Å². The number of aryl methyl sites for hydroxylation is 1. The standard InChI is InChI=1S/C24H21NO2S2/c1-17-9-11-19(12-10-17)24-21-14-16-28-22(21)13-15-25(24)29(26,27)23-8-4-6-18-5-2-3-7-20(18)23/h2-12,14,16,24H,13,15H2,1H3/t24-/m0/s1. The van der Waals surface area contributed by atoms with Crippen LogP contribution in [0.2, 0.25) is 0 Å². The molecule has 1 atom stereocenters. The van der Waals surface area contributed by atoms with Gasteiger partial charge in [-0.1, -0.05) is 66.2 Å². The maximum absolute atomic E-state index is 13.9. The molecule has 0 unspecified atom stereocenters. The van der Waals surface area contributed by atoms with E-state index in [1.807, 2.05) is 43.3 Å². The van der Waals surface area contributed by atoms with Crippen molar-refractivity contribution in [2.75, 3.05) is 6.54 Å². The van der Waals surface area contributed by atoms with E-state index in [1.54, 1.807) is 21.7 Å². The lowest BCUT2D eigenvalue weighted by Crippen LogP contribution is -2.40. The Bertz CT molecular complexity index is 1280. The maximum atomic E-state index is 13.9. The normalized spacial score (nSPS) is 17.3. The van der Waals surface area contributed by atoms with Gasteiger partial charge in [-0.05, 0) is 47.4 Å². The summed E-state index contributed by atoms with van der Waals surface area (Å²) in [7, 11) is -3.68. The van der Waals surface area contributed by atoms with Gasteiger partial charge in [-0.25, -0.2) is 8.42 Å². The number of hydrogen-bond acceptors (Lipinski definition) is 3. The van der Waals surface area contributed by atoms with Crippen molar-refractivity contribution >= 4 is 32.1 Å². The number of hydrogen-bond donors (Lipinski definition) is 0. The molecule has 29 heavy (non-hydrogen) atoms. The van der Waals surface area contributed by atoms with Crippen LogP contribution in [-0.2, 0) is 16.4 Å². The lowest BCUT2D eigenvalue weighted by molar-refractivity contribution is 0.347. The molecule has 1 aliphatic heterocycles. The highest BCUT2D eigenvalue weighted by molar-refractivity contribution is 7.89. The number of benzene rings is 3. The predicted octanol–water partition coefficient (Wildman–Crippen LogP) is 5.55. The highest BCUT2D eigenvalue weighted by atomic mass is 32.2. The van der Waals surface area contributed by atoms with Crippen molar-refractivity contribution in [1.29, 1.82) is 0 Å². The first-order valence-electron chi connectivity index (χ1n) is 9.68. The van der Waals surface area contributed by atoms with Crippen LogP contribution in [0.4, 0.5) is 0 Å². The van der Waals surface area contributed by atoms with Crippen molar-refractivity contribution in [2.45, 2.75) is 24.3 Å². The fourth-order valence-corrected chi connectivity index (χ4v) is 6.91. The third kappa shape index (κ3) is 3.10. The van der Waals surface area contributed by atoms with Crippen LogP contribution in [0.15, 0.2) is 83.1 Å². The molecule has 3 nitrogen and oxygen atoms in total. The predicted molar refractivity (Wildman–Crippen MR) is 119 cm³/mol. The third-order valence-corrected chi connectivity index (χ3v) is 8.57. The number of fused-ring (bicyclic) bond motifs is 2. The van der Waals surface area contributed by atoms with E-state index in [2.05, 4.69) is 35.7 Å². The zero-order valence-electron chi connectivity index (χ0n) is 16.1. The Morgan fingerprint density at radius 1 is 0.931 bits per heavy atom. The summed E-state index contributed by atoms with van der Waals surface area (Å²) in [6.45, 7) is 2.53. The van der Waals surface area contributed by atoms with Crippen LogP contribution in [0, 0.1) is 6.92 Å². The molecule has 1 aliphatic rings. The first kappa shape index (κ1) is 18.6. The van der Waals surface area contributed by atoms with Crippen LogP contribution < -0.4 is 0 Å². The van der Waals surface area contributed by atoms with Gasteiger partial charge >= 0.3 is 0 Å². The van der Waals surface area contributed by atoms with Crippen molar-refractivity contribution in [3.05, 3.63) is 99.7 Å². The Morgan fingerprint density at radius 3 is 2.52 bits per heavy atom. The van der Waals surface area contributed by atoms with E-state index in [0.717, 1.165) is 28.3 Å². The van der Waals surface area contributed by atoms with E-state index >= 15 is 0 Å². The molecule has 1 aromatic heterocycles. The number of nitrogens with zero attached hydrogens (tertiary/aromatic N) is 1.